The highest BCUT2D eigenvalue weighted by Crippen LogP contribution is 2.33. The minimum Gasteiger partial charge on any atom is -0.370 e. The van der Waals surface area contributed by atoms with Gasteiger partial charge in [-0.05, 0) is 72.1 Å². The Labute approximate surface area is 241 Å². The second kappa shape index (κ2) is 23.3. The number of hydrogen-bond donors (Lipinski definition) is 0. The van der Waals surface area contributed by atoms with E-state index in [-0.39, 0.29) is 12.2 Å². The molecule has 0 aliphatic carbocycles. The Balaban J connectivity index is 5.91. The largest absolute Gasteiger partial charge is 0.370 e. The van der Waals surface area contributed by atoms with Gasteiger partial charge in [0.1, 0.15) is 6.10 Å². The van der Waals surface area contributed by atoms with Crippen LogP contribution in [0.2, 0.25) is 0 Å². The molecule has 0 N–H and O–H groups in total. The Bertz CT molecular complexity index is 547. The van der Waals surface area contributed by atoms with E-state index in [9.17, 15) is 0 Å². The van der Waals surface area contributed by atoms with Crippen LogP contribution in [0, 0.1) is 5.92 Å². The summed E-state index contributed by atoms with van der Waals surface area (Å²) in [4.78, 5) is 11.6. The molecular formula is C31H64O8. The lowest BCUT2D eigenvalue weighted by Gasteiger charge is -2.40. The van der Waals surface area contributed by atoms with E-state index in [1.54, 1.807) is 0 Å². The van der Waals surface area contributed by atoms with Crippen LogP contribution in [-0.4, -0.2) is 63.3 Å². The standard InChI is InChI=1S/C31H64O8/c1-11-16-18-24-36-39-31(34-22-13-3,37-27(8)9)29(32-15-5)20-19-21-30(33-23-17-12-2,35-25-26(6)7)38-28(10)14-4/h26-29H,11-25H2,1-10H3. The Kier molecular flexibility index (Phi) is 23.1. The zero-order valence-corrected chi connectivity index (χ0v) is 27.2. The van der Waals surface area contributed by atoms with Crippen LogP contribution in [0.3, 0.4) is 0 Å². The van der Waals surface area contributed by atoms with E-state index in [1.807, 2.05) is 20.8 Å². The molecule has 0 bridgehead atoms. The second-order valence-corrected chi connectivity index (χ2v) is 11.0. The summed E-state index contributed by atoms with van der Waals surface area (Å²) < 4.78 is 37.9. The molecule has 0 amide bonds. The van der Waals surface area contributed by atoms with E-state index in [1.165, 1.54) is 0 Å². The van der Waals surface area contributed by atoms with Crippen LogP contribution in [-0.2, 0) is 38.2 Å². The maximum atomic E-state index is 6.44. The minimum atomic E-state index is -1.48. The predicted octanol–water partition coefficient (Wildman–Crippen LogP) is 8.16. The first kappa shape index (κ1) is 38.7. The molecular weight excluding hydrogens is 500 g/mol. The molecule has 4 atom stereocenters. The van der Waals surface area contributed by atoms with Crippen molar-refractivity contribution in [2.24, 2.45) is 5.92 Å². The summed E-state index contributed by atoms with van der Waals surface area (Å²) in [7, 11) is 0. The van der Waals surface area contributed by atoms with E-state index in [0.717, 1.165) is 44.9 Å². The average Bonchev–Trinajstić information content (AvgIpc) is 2.89. The molecule has 0 spiro atoms. The molecule has 0 aromatic heterocycles. The van der Waals surface area contributed by atoms with Crippen LogP contribution in [0.25, 0.3) is 0 Å². The number of hydrogen-bond acceptors (Lipinski definition) is 8. The zero-order chi connectivity index (χ0) is 29.6. The summed E-state index contributed by atoms with van der Waals surface area (Å²) in [5, 5.41) is 0. The molecule has 0 aromatic carbocycles. The Morgan fingerprint density at radius 2 is 1.38 bits per heavy atom. The van der Waals surface area contributed by atoms with Crippen molar-refractivity contribution in [1.29, 1.82) is 0 Å². The first-order valence-electron chi connectivity index (χ1n) is 15.8. The van der Waals surface area contributed by atoms with Crippen LogP contribution in [0.1, 0.15) is 133 Å². The van der Waals surface area contributed by atoms with Gasteiger partial charge in [0.2, 0.25) is 0 Å². The van der Waals surface area contributed by atoms with Crippen molar-refractivity contribution in [1.82, 2.24) is 0 Å². The molecule has 4 unspecified atom stereocenters. The van der Waals surface area contributed by atoms with Crippen LogP contribution in [0.15, 0.2) is 0 Å². The lowest BCUT2D eigenvalue weighted by atomic mass is 10.1. The topological polar surface area (TPSA) is 73.8 Å². The van der Waals surface area contributed by atoms with Gasteiger partial charge in [-0.15, -0.1) is 0 Å². The number of rotatable bonds is 28. The van der Waals surface area contributed by atoms with Crippen molar-refractivity contribution in [3.8, 4) is 0 Å². The molecule has 0 fully saturated rings. The van der Waals surface area contributed by atoms with Gasteiger partial charge >= 0.3 is 5.97 Å². The highest BCUT2D eigenvalue weighted by atomic mass is 17.3. The second-order valence-electron chi connectivity index (χ2n) is 11.0. The predicted molar refractivity (Wildman–Crippen MR) is 156 cm³/mol. The van der Waals surface area contributed by atoms with Crippen molar-refractivity contribution in [3.05, 3.63) is 0 Å². The molecule has 0 aliphatic heterocycles. The fourth-order valence-electron chi connectivity index (χ4n) is 3.84. The fraction of sp³-hybridized carbons (Fsp3) is 1.00. The van der Waals surface area contributed by atoms with Gasteiger partial charge in [0.05, 0.1) is 38.6 Å². The number of ether oxygens (including phenoxy) is 6. The monoisotopic (exact) mass is 564 g/mol. The SMILES string of the molecule is CCCCCOOC(OCCC)(OC(C)C)C(CCCC(OCCCC)(OCC(C)C)OC(C)CC)OCC. The van der Waals surface area contributed by atoms with Crippen molar-refractivity contribution in [2.75, 3.05) is 33.0 Å². The molecule has 8 heteroatoms. The minimum absolute atomic E-state index is 0.00224. The molecule has 236 valence electrons. The summed E-state index contributed by atoms with van der Waals surface area (Å²) in [5.41, 5.74) is 0. The van der Waals surface area contributed by atoms with Gasteiger partial charge < -0.3 is 28.4 Å². The zero-order valence-electron chi connectivity index (χ0n) is 27.2. The van der Waals surface area contributed by atoms with Gasteiger partial charge in [0.15, 0.2) is 0 Å². The first-order chi connectivity index (χ1) is 18.6. The summed E-state index contributed by atoms with van der Waals surface area (Å²) in [6.07, 6.45) is 7.84. The first-order valence-corrected chi connectivity index (χ1v) is 15.8. The lowest BCUT2D eigenvalue weighted by molar-refractivity contribution is -0.533. The third kappa shape index (κ3) is 17.3. The molecule has 0 aliphatic rings. The molecule has 0 radical (unpaired) electrons. The highest BCUT2D eigenvalue weighted by molar-refractivity contribution is 4.75. The molecule has 0 saturated heterocycles. The van der Waals surface area contributed by atoms with E-state index >= 15 is 0 Å². The summed E-state index contributed by atoms with van der Waals surface area (Å²) >= 11 is 0. The van der Waals surface area contributed by atoms with Gasteiger partial charge in [-0.25, -0.2) is 4.89 Å². The van der Waals surface area contributed by atoms with Gasteiger partial charge in [-0.2, -0.15) is 4.89 Å². The van der Waals surface area contributed by atoms with Gasteiger partial charge in [-0.1, -0.05) is 60.8 Å². The summed E-state index contributed by atoms with van der Waals surface area (Å²) in [6.45, 7) is 23.2. The van der Waals surface area contributed by atoms with Crippen molar-refractivity contribution in [3.63, 3.8) is 0 Å². The van der Waals surface area contributed by atoms with Crippen molar-refractivity contribution < 1.29 is 38.2 Å². The van der Waals surface area contributed by atoms with Crippen LogP contribution >= 0.6 is 0 Å². The van der Waals surface area contributed by atoms with Crippen LogP contribution < -0.4 is 0 Å². The fourth-order valence-corrected chi connectivity index (χ4v) is 3.84. The summed E-state index contributed by atoms with van der Waals surface area (Å²) in [6, 6.07) is 0. The Morgan fingerprint density at radius 1 is 0.667 bits per heavy atom. The molecule has 8 nitrogen and oxygen atoms in total. The third-order valence-corrected chi connectivity index (χ3v) is 6.04. The Hall–Kier alpha value is -0.320. The smallest absolute Gasteiger partial charge is 0.339 e. The lowest BCUT2D eigenvalue weighted by Crippen LogP contribution is -2.53. The molecule has 0 aromatic rings. The normalized spacial score (nSPS) is 16.9. The highest BCUT2D eigenvalue weighted by Gasteiger charge is 2.47. The maximum absolute atomic E-state index is 6.44. The molecule has 0 heterocycles. The maximum Gasteiger partial charge on any atom is 0.339 e. The molecule has 39 heavy (non-hydrogen) atoms. The third-order valence-electron chi connectivity index (χ3n) is 6.04. The summed E-state index contributed by atoms with van der Waals surface area (Å²) in [5.74, 6) is -2.24. The molecule has 0 rings (SSSR count). The van der Waals surface area contributed by atoms with Gasteiger partial charge in [0, 0.05) is 13.0 Å². The van der Waals surface area contributed by atoms with Crippen molar-refractivity contribution in [2.45, 2.75) is 164 Å². The van der Waals surface area contributed by atoms with Crippen LogP contribution in [0.4, 0.5) is 0 Å². The molecule has 0 saturated carbocycles. The van der Waals surface area contributed by atoms with Gasteiger partial charge in [0.25, 0.3) is 5.97 Å². The van der Waals surface area contributed by atoms with E-state index in [0.29, 0.717) is 58.2 Å². The van der Waals surface area contributed by atoms with Crippen molar-refractivity contribution >= 4 is 0 Å². The Morgan fingerprint density at radius 3 is 1.95 bits per heavy atom. The quantitative estimate of drug-likeness (QED) is 0.0408. The average molecular weight is 565 g/mol. The van der Waals surface area contributed by atoms with E-state index in [2.05, 4.69) is 48.5 Å². The van der Waals surface area contributed by atoms with E-state index < -0.39 is 18.1 Å². The van der Waals surface area contributed by atoms with E-state index in [4.69, 9.17) is 38.2 Å². The number of unbranched alkanes of at least 4 members (excludes halogenated alkanes) is 3. The van der Waals surface area contributed by atoms with Crippen LogP contribution in [0.5, 0.6) is 0 Å². The van der Waals surface area contributed by atoms with Gasteiger partial charge in [-0.3, -0.25) is 0 Å².